The van der Waals surface area contributed by atoms with E-state index >= 15 is 0 Å². The molecule has 1 heterocycles. The number of hydrogen-bond donors (Lipinski definition) is 0. The van der Waals surface area contributed by atoms with Gasteiger partial charge in [-0.1, -0.05) is 25.1 Å². The van der Waals surface area contributed by atoms with Gasteiger partial charge in [0.1, 0.15) is 17.1 Å². The zero-order chi connectivity index (χ0) is 15.4. The molecule has 0 aliphatic heterocycles. The lowest BCUT2D eigenvalue weighted by molar-refractivity contribution is 0.111. The molecule has 0 fully saturated rings. The van der Waals surface area contributed by atoms with Crippen LogP contribution in [0.3, 0.4) is 0 Å². The van der Waals surface area contributed by atoms with E-state index in [-0.39, 0.29) is 5.92 Å². The number of aromatic nitrogens is 3. The van der Waals surface area contributed by atoms with Crippen molar-refractivity contribution < 1.29 is 9.53 Å². The molecule has 112 valence electrons. The number of hydrogen-bond acceptors (Lipinski definition) is 4. The standard InChI is InChI=1S/C16H21N3O2/c1-5-12(6-2)16-13(10-20)17-18-19(16)14-9-11(3)7-8-15(14)21-4/h7-10,12H,5-6H2,1-4H3. The van der Waals surface area contributed by atoms with Crippen LogP contribution < -0.4 is 4.74 Å². The van der Waals surface area contributed by atoms with Crippen LogP contribution in [0, 0.1) is 6.92 Å². The lowest BCUT2D eigenvalue weighted by Gasteiger charge is -2.17. The van der Waals surface area contributed by atoms with Gasteiger partial charge >= 0.3 is 0 Å². The van der Waals surface area contributed by atoms with Crippen LogP contribution >= 0.6 is 0 Å². The molecule has 2 rings (SSSR count). The lowest BCUT2D eigenvalue weighted by Crippen LogP contribution is -2.10. The highest BCUT2D eigenvalue weighted by atomic mass is 16.5. The number of carbonyl (C=O) groups is 1. The Hall–Kier alpha value is -2.17. The van der Waals surface area contributed by atoms with Gasteiger partial charge in [-0.15, -0.1) is 5.10 Å². The van der Waals surface area contributed by atoms with Crippen molar-refractivity contribution in [2.75, 3.05) is 7.11 Å². The van der Waals surface area contributed by atoms with Crippen LogP contribution in [-0.4, -0.2) is 28.4 Å². The summed E-state index contributed by atoms with van der Waals surface area (Å²) < 4.78 is 7.17. The number of nitrogens with zero attached hydrogens (tertiary/aromatic N) is 3. The molecule has 5 heteroatoms. The quantitative estimate of drug-likeness (QED) is 0.765. The van der Waals surface area contributed by atoms with Gasteiger partial charge in [0.05, 0.1) is 12.8 Å². The van der Waals surface area contributed by atoms with Gasteiger partial charge in [0.15, 0.2) is 6.29 Å². The third-order valence-electron chi connectivity index (χ3n) is 3.78. The fourth-order valence-corrected chi connectivity index (χ4v) is 2.59. The number of aldehydes is 1. The molecular weight excluding hydrogens is 266 g/mol. The minimum absolute atomic E-state index is 0.241. The van der Waals surface area contributed by atoms with Crippen LogP contribution in [0.5, 0.6) is 5.75 Å². The van der Waals surface area contributed by atoms with Crippen LogP contribution in [0.2, 0.25) is 0 Å². The maximum atomic E-state index is 11.3. The van der Waals surface area contributed by atoms with E-state index in [0.717, 1.165) is 41.8 Å². The fourth-order valence-electron chi connectivity index (χ4n) is 2.59. The zero-order valence-electron chi connectivity index (χ0n) is 13.0. The van der Waals surface area contributed by atoms with Crippen LogP contribution in [-0.2, 0) is 0 Å². The van der Waals surface area contributed by atoms with Gasteiger partial charge in [0.2, 0.25) is 0 Å². The number of ether oxygens (including phenoxy) is 1. The number of rotatable bonds is 6. The van der Waals surface area contributed by atoms with Gasteiger partial charge in [-0.25, -0.2) is 4.68 Å². The minimum Gasteiger partial charge on any atom is -0.494 e. The summed E-state index contributed by atoms with van der Waals surface area (Å²) in [7, 11) is 1.63. The van der Waals surface area contributed by atoms with E-state index in [2.05, 4.69) is 24.2 Å². The molecule has 0 aliphatic carbocycles. The van der Waals surface area contributed by atoms with Crippen molar-refractivity contribution in [3.63, 3.8) is 0 Å². The first-order valence-corrected chi connectivity index (χ1v) is 7.21. The van der Waals surface area contributed by atoms with E-state index in [1.165, 1.54) is 0 Å². The Morgan fingerprint density at radius 3 is 2.62 bits per heavy atom. The first-order valence-electron chi connectivity index (χ1n) is 7.21. The summed E-state index contributed by atoms with van der Waals surface area (Å²) in [6.45, 7) is 6.22. The Bertz CT molecular complexity index is 630. The highest BCUT2D eigenvalue weighted by Crippen LogP contribution is 2.30. The zero-order valence-corrected chi connectivity index (χ0v) is 13.0. The third-order valence-corrected chi connectivity index (χ3v) is 3.78. The van der Waals surface area contributed by atoms with Crippen LogP contribution in [0.4, 0.5) is 0 Å². The molecule has 0 bridgehead atoms. The first-order chi connectivity index (χ1) is 10.2. The molecular formula is C16H21N3O2. The minimum atomic E-state index is 0.241. The highest BCUT2D eigenvalue weighted by Gasteiger charge is 2.22. The molecule has 0 unspecified atom stereocenters. The number of aryl methyl sites for hydroxylation is 1. The second-order valence-electron chi connectivity index (χ2n) is 5.08. The molecule has 0 atom stereocenters. The SMILES string of the molecule is CCC(CC)c1c(C=O)nnn1-c1cc(C)ccc1OC. The van der Waals surface area contributed by atoms with Gasteiger partial charge in [-0.3, -0.25) is 4.79 Å². The van der Waals surface area contributed by atoms with Gasteiger partial charge in [0, 0.05) is 5.92 Å². The van der Waals surface area contributed by atoms with Gasteiger partial charge in [-0.2, -0.15) is 0 Å². The Morgan fingerprint density at radius 1 is 1.33 bits per heavy atom. The average molecular weight is 287 g/mol. The van der Waals surface area contributed by atoms with Gasteiger partial charge < -0.3 is 4.74 Å². The highest BCUT2D eigenvalue weighted by molar-refractivity contribution is 5.74. The molecule has 1 aromatic carbocycles. The summed E-state index contributed by atoms with van der Waals surface area (Å²) in [4.78, 5) is 11.3. The second kappa shape index (κ2) is 6.52. The van der Waals surface area contributed by atoms with E-state index < -0.39 is 0 Å². The van der Waals surface area contributed by atoms with Crippen LogP contribution in [0.25, 0.3) is 5.69 Å². The second-order valence-corrected chi connectivity index (χ2v) is 5.08. The monoisotopic (exact) mass is 287 g/mol. The molecule has 0 saturated heterocycles. The van der Waals surface area contributed by atoms with E-state index in [4.69, 9.17) is 4.74 Å². The molecule has 5 nitrogen and oxygen atoms in total. The van der Waals surface area contributed by atoms with Crippen LogP contribution in [0.1, 0.15) is 54.4 Å². The Balaban J connectivity index is 2.67. The molecule has 0 aliphatic rings. The molecule has 2 aromatic rings. The summed E-state index contributed by atoms with van der Waals surface area (Å²) in [5, 5.41) is 8.20. The molecule has 0 saturated carbocycles. The summed E-state index contributed by atoms with van der Waals surface area (Å²) in [6, 6.07) is 5.88. The number of methoxy groups -OCH3 is 1. The molecule has 0 spiro atoms. The van der Waals surface area contributed by atoms with E-state index in [1.807, 2.05) is 25.1 Å². The number of benzene rings is 1. The van der Waals surface area contributed by atoms with Crippen molar-refractivity contribution in [1.82, 2.24) is 15.0 Å². The summed E-state index contributed by atoms with van der Waals surface area (Å²) >= 11 is 0. The fraction of sp³-hybridized carbons (Fsp3) is 0.438. The first kappa shape index (κ1) is 15.2. The van der Waals surface area contributed by atoms with Crippen molar-refractivity contribution in [3.05, 3.63) is 35.2 Å². The Morgan fingerprint density at radius 2 is 2.05 bits per heavy atom. The predicted octanol–water partition coefficient (Wildman–Crippen LogP) is 3.30. The molecule has 21 heavy (non-hydrogen) atoms. The van der Waals surface area contributed by atoms with Crippen molar-refractivity contribution in [3.8, 4) is 11.4 Å². The summed E-state index contributed by atoms with van der Waals surface area (Å²) in [5.74, 6) is 0.959. The van der Waals surface area contributed by atoms with Crippen molar-refractivity contribution >= 4 is 6.29 Å². The smallest absolute Gasteiger partial charge is 0.172 e. The van der Waals surface area contributed by atoms with Gasteiger partial charge in [-0.05, 0) is 37.5 Å². The maximum absolute atomic E-state index is 11.3. The molecule has 0 radical (unpaired) electrons. The summed E-state index contributed by atoms with van der Waals surface area (Å²) in [5.41, 5.74) is 3.19. The Kier molecular flexibility index (Phi) is 4.73. The lowest BCUT2D eigenvalue weighted by atomic mass is 9.97. The van der Waals surface area contributed by atoms with Crippen molar-refractivity contribution in [2.24, 2.45) is 0 Å². The van der Waals surface area contributed by atoms with Gasteiger partial charge in [0.25, 0.3) is 0 Å². The van der Waals surface area contributed by atoms with Crippen molar-refractivity contribution in [2.45, 2.75) is 39.5 Å². The predicted molar refractivity (Wildman–Crippen MR) is 81.4 cm³/mol. The average Bonchev–Trinajstić information content (AvgIpc) is 2.92. The van der Waals surface area contributed by atoms with Crippen LogP contribution in [0.15, 0.2) is 18.2 Å². The van der Waals surface area contributed by atoms with Crippen molar-refractivity contribution in [1.29, 1.82) is 0 Å². The Labute approximate surface area is 124 Å². The van der Waals surface area contributed by atoms with E-state index in [1.54, 1.807) is 11.8 Å². The normalized spacial score (nSPS) is 10.9. The van der Waals surface area contributed by atoms with E-state index in [0.29, 0.717) is 5.69 Å². The number of carbonyl (C=O) groups excluding carboxylic acids is 1. The molecule has 0 N–H and O–H groups in total. The largest absolute Gasteiger partial charge is 0.494 e. The van der Waals surface area contributed by atoms with E-state index in [9.17, 15) is 4.79 Å². The molecule has 1 aromatic heterocycles. The third kappa shape index (κ3) is 2.82. The summed E-state index contributed by atoms with van der Waals surface area (Å²) in [6.07, 6.45) is 2.64. The molecule has 0 amide bonds. The topological polar surface area (TPSA) is 57.0 Å². The maximum Gasteiger partial charge on any atom is 0.172 e.